The zero-order valence-electron chi connectivity index (χ0n) is 13.3. The van der Waals surface area contributed by atoms with E-state index in [2.05, 4.69) is 15.5 Å². The second-order valence-electron chi connectivity index (χ2n) is 6.09. The number of fused-ring (bicyclic) bond motifs is 1. The Labute approximate surface area is 139 Å². The Morgan fingerprint density at radius 3 is 2.67 bits per heavy atom. The van der Waals surface area contributed by atoms with E-state index in [1.165, 1.54) is 19.3 Å². The molecular weight excluding hydrogens is 310 g/mol. The highest BCUT2D eigenvalue weighted by atomic mass is 16.6. The van der Waals surface area contributed by atoms with Crippen molar-refractivity contribution in [1.82, 2.24) is 10.2 Å². The molecule has 2 aromatic rings. The van der Waals surface area contributed by atoms with Crippen LogP contribution in [0.25, 0.3) is 0 Å². The molecule has 0 spiro atoms. The Morgan fingerprint density at radius 2 is 1.83 bits per heavy atom. The van der Waals surface area contributed by atoms with E-state index in [4.69, 9.17) is 13.9 Å². The molecule has 1 N–H and O–H groups in total. The Bertz CT molecular complexity index is 737. The Hall–Kier alpha value is -2.57. The van der Waals surface area contributed by atoms with Crippen molar-refractivity contribution in [2.75, 3.05) is 18.5 Å². The fourth-order valence-electron chi connectivity index (χ4n) is 3.15. The van der Waals surface area contributed by atoms with E-state index in [0.717, 1.165) is 12.8 Å². The molecule has 0 unspecified atom stereocenters. The van der Waals surface area contributed by atoms with E-state index in [9.17, 15) is 4.79 Å². The lowest BCUT2D eigenvalue weighted by atomic mass is 9.89. The van der Waals surface area contributed by atoms with Crippen LogP contribution in [0.5, 0.6) is 11.5 Å². The molecule has 4 rings (SSSR count). The lowest BCUT2D eigenvalue weighted by Crippen LogP contribution is -2.17. The van der Waals surface area contributed by atoms with Gasteiger partial charge < -0.3 is 13.9 Å². The van der Waals surface area contributed by atoms with Crippen LogP contribution in [0.2, 0.25) is 0 Å². The van der Waals surface area contributed by atoms with Crippen LogP contribution in [0.4, 0.5) is 6.01 Å². The van der Waals surface area contributed by atoms with Crippen molar-refractivity contribution in [2.45, 2.75) is 38.0 Å². The third-order valence-corrected chi connectivity index (χ3v) is 4.42. The molecule has 0 saturated heterocycles. The summed E-state index contributed by atoms with van der Waals surface area (Å²) >= 11 is 0. The van der Waals surface area contributed by atoms with Gasteiger partial charge in [0.2, 0.25) is 5.89 Å². The lowest BCUT2D eigenvalue weighted by Gasteiger charge is -2.18. The van der Waals surface area contributed by atoms with Crippen LogP contribution >= 0.6 is 0 Å². The lowest BCUT2D eigenvalue weighted by molar-refractivity contribution is 0.102. The molecule has 1 saturated carbocycles. The van der Waals surface area contributed by atoms with Crippen LogP contribution in [0.3, 0.4) is 0 Å². The van der Waals surface area contributed by atoms with Crippen LogP contribution in [-0.2, 0) is 0 Å². The maximum absolute atomic E-state index is 12.4. The zero-order valence-corrected chi connectivity index (χ0v) is 13.3. The minimum Gasteiger partial charge on any atom is -0.486 e. The van der Waals surface area contributed by atoms with Gasteiger partial charge in [-0.1, -0.05) is 24.4 Å². The number of hydrogen-bond donors (Lipinski definition) is 1. The fourth-order valence-corrected chi connectivity index (χ4v) is 3.15. The maximum atomic E-state index is 12.4. The molecule has 2 aliphatic rings. The summed E-state index contributed by atoms with van der Waals surface area (Å²) in [6.07, 6.45) is 5.77. The van der Waals surface area contributed by atoms with Crippen LogP contribution in [-0.4, -0.2) is 29.3 Å². The van der Waals surface area contributed by atoms with Crippen molar-refractivity contribution >= 4 is 11.9 Å². The molecule has 0 atom stereocenters. The van der Waals surface area contributed by atoms with Gasteiger partial charge in [0, 0.05) is 11.5 Å². The summed E-state index contributed by atoms with van der Waals surface area (Å²) in [4.78, 5) is 12.4. The number of benzene rings is 1. The molecule has 0 radical (unpaired) electrons. The minimum absolute atomic E-state index is 0.135. The quantitative estimate of drug-likeness (QED) is 0.931. The van der Waals surface area contributed by atoms with Crippen LogP contribution in [0, 0.1) is 0 Å². The number of anilines is 1. The predicted molar refractivity (Wildman–Crippen MR) is 85.5 cm³/mol. The average molecular weight is 329 g/mol. The minimum atomic E-state index is -0.314. The number of rotatable bonds is 3. The third kappa shape index (κ3) is 3.06. The number of nitrogens with one attached hydrogen (secondary N) is 1. The average Bonchev–Trinajstić information content (AvgIpc) is 3.10. The largest absolute Gasteiger partial charge is 0.486 e. The summed E-state index contributed by atoms with van der Waals surface area (Å²) in [5.74, 6) is 1.83. The summed E-state index contributed by atoms with van der Waals surface area (Å²) in [6.45, 7) is 0.997. The van der Waals surface area contributed by atoms with E-state index >= 15 is 0 Å². The standard InChI is InChI=1S/C17H19N3O4/c21-15(12-6-7-13-14(10-12)23-9-8-22-13)18-17-20-19-16(24-17)11-4-2-1-3-5-11/h6-7,10-11H,1-5,8-9H2,(H,18,20,21). The number of nitrogens with zero attached hydrogens (tertiary/aromatic N) is 2. The van der Waals surface area contributed by atoms with Crippen molar-refractivity contribution < 1.29 is 18.7 Å². The number of aromatic nitrogens is 2. The summed E-state index contributed by atoms with van der Waals surface area (Å²) in [5, 5.41) is 10.7. The normalized spacial score (nSPS) is 17.5. The topological polar surface area (TPSA) is 86.5 Å². The molecule has 1 aliphatic carbocycles. The Kier molecular flexibility index (Phi) is 4.06. The molecule has 1 fully saturated rings. The summed E-state index contributed by atoms with van der Waals surface area (Å²) < 4.78 is 16.6. The van der Waals surface area contributed by atoms with Gasteiger partial charge in [-0.25, -0.2) is 0 Å². The number of ether oxygens (including phenoxy) is 2. The Morgan fingerprint density at radius 1 is 1.04 bits per heavy atom. The van der Waals surface area contributed by atoms with Gasteiger partial charge in [0.05, 0.1) is 0 Å². The predicted octanol–water partition coefficient (Wildman–Crippen LogP) is 3.14. The van der Waals surface area contributed by atoms with Crippen LogP contribution in [0.15, 0.2) is 22.6 Å². The van der Waals surface area contributed by atoms with Crippen molar-refractivity contribution in [2.24, 2.45) is 0 Å². The third-order valence-electron chi connectivity index (χ3n) is 4.42. The number of carbonyl (C=O) groups is 1. The van der Waals surface area contributed by atoms with Crippen molar-refractivity contribution in [3.05, 3.63) is 29.7 Å². The number of carbonyl (C=O) groups excluding carboxylic acids is 1. The van der Waals surface area contributed by atoms with Gasteiger partial charge in [0.25, 0.3) is 5.91 Å². The molecule has 7 nitrogen and oxygen atoms in total. The first-order chi connectivity index (χ1) is 11.8. The highest BCUT2D eigenvalue weighted by Crippen LogP contribution is 2.33. The number of amides is 1. The molecule has 7 heteroatoms. The molecule has 1 amide bonds. The molecular formula is C17H19N3O4. The van der Waals surface area contributed by atoms with E-state index in [0.29, 0.717) is 42.1 Å². The van der Waals surface area contributed by atoms with Gasteiger partial charge in [0.15, 0.2) is 11.5 Å². The van der Waals surface area contributed by atoms with Gasteiger partial charge >= 0.3 is 6.01 Å². The molecule has 0 bridgehead atoms. The zero-order chi connectivity index (χ0) is 16.4. The second kappa shape index (κ2) is 6.51. The van der Waals surface area contributed by atoms with Gasteiger partial charge in [0.1, 0.15) is 13.2 Å². The molecule has 2 heterocycles. The summed E-state index contributed by atoms with van der Waals surface area (Å²) in [5.41, 5.74) is 0.455. The molecule has 1 aliphatic heterocycles. The smallest absolute Gasteiger partial charge is 0.322 e. The monoisotopic (exact) mass is 329 g/mol. The highest BCUT2D eigenvalue weighted by Gasteiger charge is 2.22. The summed E-state index contributed by atoms with van der Waals surface area (Å²) in [7, 11) is 0. The van der Waals surface area contributed by atoms with Crippen LogP contribution in [0.1, 0.15) is 54.3 Å². The summed E-state index contributed by atoms with van der Waals surface area (Å²) in [6, 6.07) is 5.20. The van der Waals surface area contributed by atoms with Gasteiger partial charge in [-0.3, -0.25) is 10.1 Å². The molecule has 24 heavy (non-hydrogen) atoms. The first-order valence-corrected chi connectivity index (χ1v) is 8.34. The van der Waals surface area contributed by atoms with Crippen molar-refractivity contribution in [1.29, 1.82) is 0 Å². The van der Waals surface area contributed by atoms with E-state index in [-0.39, 0.29) is 11.9 Å². The maximum Gasteiger partial charge on any atom is 0.322 e. The van der Waals surface area contributed by atoms with Crippen LogP contribution < -0.4 is 14.8 Å². The first-order valence-electron chi connectivity index (χ1n) is 8.34. The van der Waals surface area contributed by atoms with E-state index < -0.39 is 0 Å². The molecule has 126 valence electrons. The van der Waals surface area contributed by atoms with E-state index in [1.807, 2.05) is 0 Å². The first kappa shape index (κ1) is 15.0. The molecule has 1 aromatic carbocycles. The Balaban J connectivity index is 1.45. The SMILES string of the molecule is O=C(Nc1nnc(C2CCCCC2)o1)c1ccc2c(c1)OCCO2. The highest BCUT2D eigenvalue weighted by molar-refractivity contribution is 6.03. The molecule has 1 aromatic heterocycles. The van der Waals surface area contributed by atoms with E-state index in [1.54, 1.807) is 18.2 Å². The van der Waals surface area contributed by atoms with Crippen molar-refractivity contribution in [3.8, 4) is 11.5 Å². The second-order valence-corrected chi connectivity index (χ2v) is 6.09. The van der Waals surface area contributed by atoms with Gasteiger partial charge in [-0.2, -0.15) is 0 Å². The van der Waals surface area contributed by atoms with Crippen molar-refractivity contribution in [3.63, 3.8) is 0 Å². The fraction of sp³-hybridized carbons (Fsp3) is 0.471. The van der Waals surface area contributed by atoms with Gasteiger partial charge in [-0.05, 0) is 31.0 Å². The van der Waals surface area contributed by atoms with Gasteiger partial charge in [-0.15, -0.1) is 5.10 Å². The number of hydrogen-bond acceptors (Lipinski definition) is 6.